The lowest BCUT2D eigenvalue weighted by Crippen LogP contribution is -2.45. The standard InChI is InChI=1S/C21H21FN4O3S/c1-3-29-19(27)17-12(2)23-21(30)26-18(17)13-8-10-14(11-9-13)24-20(28)25-16-7-5-4-6-15(16)22/h4-11,18H,3H2,1-2H3,(H2,23,26,30)(H2,24,25,28). The maximum absolute atomic E-state index is 13.7. The zero-order valence-electron chi connectivity index (χ0n) is 16.4. The number of halogens is 1. The molecule has 1 unspecified atom stereocenters. The van der Waals surface area contributed by atoms with Gasteiger partial charge in [-0.15, -0.1) is 0 Å². The molecule has 2 amide bonds. The number of nitrogens with one attached hydrogen (secondary N) is 4. The molecule has 156 valence electrons. The number of hydrogen-bond donors (Lipinski definition) is 4. The van der Waals surface area contributed by atoms with Crippen molar-refractivity contribution in [2.24, 2.45) is 0 Å². The van der Waals surface area contributed by atoms with E-state index >= 15 is 0 Å². The van der Waals surface area contributed by atoms with Crippen LogP contribution >= 0.6 is 12.2 Å². The molecule has 0 saturated heterocycles. The van der Waals surface area contributed by atoms with Gasteiger partial charge in [-0.3, -0.25) is 0 Å². The number of esters is 1. The van der Waals surface area contributed by atoms with E-state index in [-0.39, 0.29) is 12.3 Å². The first-order chi connectivity index (χ1) is 14.4. The van der Waals surface area contributed by atoms with E-state index in [0.29, 0.717) is 22.1 Å². The third kappa shape index (κ3) is 4.93. The van der Waals surface area contributed by atoms with Gasteiger partial charge in [-0.25, -0.2) is 14.0 Å². The van der Waals surface area contributed by atoms with Crippen molar-refractivity contribution < 1.29 is 18.7 Å². The summed E-state index contributed by atoms with van der Waals surface area (Å²) in [6, 6.07) is 11.7. The summed E-state index contributed by atoms with van der Waals surface area (Å²) in [7, 11) is 0. The Labute approximate surface area is 178 Å². The minimum atomic E-state index is -0.572. The highest BCUT2D eigenvalue weighted by Gasteiger charge is 2.30. The molecule has 0 aliphatic carbocycles. The topological polar surface area (TPSA) is 91.5 Å². The van der Waals surface area contributed by atoms with E-state index in [1.807, 2.05) is 0 Å². The molecule has 30 heavy (non-hydrogen) atoms. The second-order valence-electron chi connectivity index (χ2n) is 6.47. The van der Waals surface area contributed by atoms with Gasteiger partial charge in [0.1, 0.15) is 5.82 Å². The average molecular weight is 428 g/mol. The molecule has 1 atom stereocenters. The van der Waals surface area contributed by atoms with Crippen molar-refractivity contribution in [2.45, 2.75) is 19.9 Å². The molecule has 0 saturated carbocycles. The van der Waals surface area contributed by atoms with E-state index in [9.17, 15) is 14.0 Å². The molecule has 4 N–H and O–H groups in total. The van der Waals surface area contributed by atoms with Crippen LogP contribution in [0.25, 0.3) is 0 Å². The number of rotatable bonds is 5. The lowest BCUT2D eigenvalue weighted by Gasteiger charge is -2.29. The average Bonchev–Trinajstić information content (AvgIpc) is 2.70. The van der Waals surface area contributed by atoms with Crippen LogP contribution < -0.4 is 21.3 Å². The number of para-hydroxylation sites is 1. The van der Waals surface area contributed by atoms with E-state index in [4.69, 9.17) is 17.0 Å². The molecular formula is C21H21FN4O3S. The number of benzene rings is 2. The summed E-state index contributed by atoms with van der Waals surface area (Å²) in [5.74, 6) is -0.960. The monoisotopic (exact) mass is 428 g/mol. The van der Waals surface area contributed by atoms with Crippen molar-refractivity contribution in [3.63, 3.8) is 0 Å². The van der Waals surface area contributed by atoms with Crippen molar-refractivity contribution in [3.8, 4) is 0 Å². The first kappa shape index (κ1) is 21.3. The zero-order chi connectivity index (χ0) is 21.7. The predicted octanol–water partition coefficient (Wildman–Crippen LogP) is 3.83. The second-order valence-corrected chi connectivity index (χ2v) is 6.88. The zero-order valence-corrected chi connectivity index (χ0v) is 17.2. The molecule has 7 nitrogen and oxygen atoms in total. The Morgan fingerprint density at radius 2 is 1.83 bits per heavy atom. The number of thiocarbonyl (C=S) groups is 1. The van der Waals surface area contributed by atoms with Crippen LogP contribution in [-0.4, -0.2) is 23.7 Å². The summed E-state index contributed by atoms with van der Waals surface area (Å²) < 4.78 is 18.8. The lowest BCUT2D eigenvalue weighted by molar-refractivity contribution is -0.139. The molecule has 1 aliphatic rings. The number of urea groups is 1. The van der Waals surface area contributed by atoms with E-state index < -0.39 is 23.9 Å². The Kier molecular flexibility index (Phi) is 6.63. The summed E-state index contributed by atoms with van der Waals surface area (Å²) in [6.07, 6.45) is 0. The number of anilines is 2. The largest absolute Gasteiger partial charge is 0.463 e. The fourth-order valence-corrected chi connectivity index (χ4v) is 3.30. The van der Waals surface area contributed by atoms with E-state index in [0.717, 1.165) is 5.56 Å². The maximum atomic E-state index is 13.7. The van der Waals surface area contributed by atoms with Crippen LogP contribution in [0.15, 0.2) is 59.8 Å². The van der Waals surface area contributed by atoms with Crippen molar-refractivity contribution in [3.05, 3.63) is 71.2 Å². The molecule has 0 radical (unpaired) electrons. The number of hydrogen-bond acceptors (Lipinski definition) is 4. The normalized spacial score (nSPS) is 15.7. The molecule has 2 aromatic carbocycles. The summed E-state index contributed by atoms with van der Waals surface area (Å²) in [5, 5.41) is 11.5. The van der Waals surface area contributed by atoms with Crippen molar-refractivity contribution in [2.75, 3.05) is 17.2 Å². The van der Waals surface area contributed by atoms with E-state index in [1.165, 1.54) is 12.1 Å². The number of allylic oxidation sites excluding steroid dienone is 1. The summed E-state index contributed by atoms with van der Waals surface area (Å²) in [6.45, 7) is 3.76. The minimum absolute atomic E-state index is 0.0822. The van der Waals surface area contributed by atoms with Crippen LogP contribution in [0.5, 0.6) is 0 Å². The van der Waals surface area contributed by atoms with Gasteiger partial charge in [0.2, 0.25) is 0 Å². The van der Waals surface area contributed by atoms with Crippen LogP contribution in [0.4, 0.5) is 20.6 Å². The number of amides is 2. The quantitative estimate of drug-likeness (QED) is 0.428. The fraction of sp³-hybridized carbons (Fsp3) is 0.190. The van der Waals surface area contributed by atoms with Crippen molar-refractivity contribution in [1.29, 1.82) is 0 Å². The highest BCUT2D eigenvalue weighted by molar-refractivity contribution is 7.80. The Hall–Kier alpha value is -3.46. The number of carbonyl (C=O) groups is 2. The molecule has 0 aromatic heterocycles. The van der Waals surface area contributed by atoms with E-state index in [2.05, 4.69) is 21.3 Å². The molecular weight excluding hydrogens is 407 g/mol. The van der Waals surface area contributed by atoms with Crippen LogP contribution in [0.2, 0.25) is 0 Å². The van der Waals surface area contributed by atoms with Gasteiger partial charge in [-0.1, -0.05) is 24.3 Å². The Morgan fingerprint density at radius 1 is 1.13 bits per heavy atom. The summed E-state index contributed by atoms with van der Waals surface area (Å²) >= 11 is 5.22. The van der Waals surface area contributed by atoms with Gasteiger partial charge >= 0.3 is 12.0 Å². The molecule has 9 heteroatoms. The van der Waals surface area contributed by atoms with Gasteiger partial charge in [0.15, 0.2) is 5.11 Å². The summed E-state index contributed by atoms with van der Waals surface area (Å²) in [5.41, 5.74) is 2.40. The molecule has 0 fully saturated rings. The summed E-state index contributed by atoms with van der Waals surface area (Å²) in [4.78, 5) is 24.5. The van der Waals surface area contributed by atoms with Gasteiger partial charge < -0.3 is 26.0 Å². The third-order valence-electron chi connectivity index (χ3n) is 4.39. The number of ether oxygens (including phenoxy) is 1. The van der Waals surface area contributed by atoms with Gasteiger partial charge in [-0.2, -0.15) is 0 Å². The highest BCUT2D eigenvalue weighted by Crippen LogP contribution is 2.28. The molecule has 1 heterocycles. The molecule has 2 aromatic rings. The lowest BCUT2D eigenvalue weighted by atomic mass is 9.95. The maximum Gasteiger partial charge on any atom is 0.338 e. The van der Waals surface area contributed by atoms with E-state index in [1.54, 1.807) is 50.2 Å². The van der Waals surface area contributed by atoms with Gasteiger partial charge in [-0.05, 0) is 55.9 Å². The van der Waals surface area contributed by atoms with Crippen molar-refractivity contribution >= 4 is 40.7 Å². The van der Waals surface area contributed by atoms with Gasteiger partial charge in [0, 0.05) is 11.4 Å². The molecule has 1 aliphatic heterocycles. The van der Waals surface area contributed by atoms with Crippen LogP contribution in [0.3, 0.4) is 0 Å². The predicted molar refractivity (Wildman–Crippen MR) is 116 cm³/mol. The Bertz CT molecular complexity index is 1010. The SMILES string of the molecule is CCOC(=O)C1=C(C)NC(=S)NC1c1ccc(NC(=O)Nc2ccccc2F)cc1. The first-order valence-corrected chi connectivity index (χ1v) is 9.67. The second kappa shape index (κ2) is 9.36. The fourth-order valence-electron chi connectivity index (χ4n) is 3.03. The molecule has 0 bridgehead atoms. The molecule has 3 rings (SSSR count). The minimum Gasteiger partial charge on any atom is -0.463 e. The third-order valence-corrected chi connectivity index (χ3v) is 4.61. The number of carbonyl (C=O) groups excluding carboxylic acids is 2. The van der Waals surface area contributed by atoms with Gasteiger partial charge in [0.05, 0.1) is 23.9 Å². The molecule has 0 spiro atoms. The van der Waals surface area contributed by atoms with Crippen LogP contribution in [-0.2, 0) is 9.53 Å². The Morgan fingerprint density at radius 3 is 2.50 bits per heavy atom. The Balaban J connectivity index is 1.74. The highest BCUT2D eigenvalue weighted by atomic mass is 32.1. The smallest absolute Gasteiger partial charge is 0.338 e. The van der Waals surface area contributed by atoms with Crippen LogP contribution in [0.1, 0.15) is 25.5 Å². The van der Waals surface area contributed by atoms with Crippen LogP contribution in [0, 0.1) is 5.82 Å². The van der Waals surface area contributed by atoms with Crippen molar-refractivity contribution in [1.82, 2.24) is 10.6 Å². The first-order valence-electron chi connectivity index (χ1n) is 9.27. The van der Waals surface area contributed by atoms with Gasteiger partial charge in [0.25, 0.3) is 0 Å².